The van der Waals surface area contributed by atoms with Crippen LogP contribution in [0.2, 0.25) is 0 Å². The summed E-state index contributed by atoms with van der Waals surface area (Å²) in [5.74, 6) is 0.985. The molecule has 0 saturated heterocycles. The molecule has 6 nitrogen and oxygen atoms in total. The van der Waals surface area contributed by atoms with Gasteiger partial charge in [-0.25, -0.2) is 0 Å². The molecule has 0 fully saturated rings. The molecule has 1 atom stereocenters. The Morgan fingerprint density at radius 2 is 2.04 bits per heavy atom. The standard InChI is InChI=1S/C18H25N3O3/c1-3-4-5-6-7-14(2)20-17(22)12-23-16-10-8-15(9-11-16)18-21-19-13-24-18/h8-11,13-14H,3-7,12H2,1-2H3,(H,20,22)/t14-/m0/s1. The van der Waals surface area contributed by atoms with E-state index in [0.717, 1.165) is 18.4 Å². The van der Waals surface area contributed by atoms with Gasteiger partial charge in [-0.05, 0) is 37.6 Å². The van der Waals surface area contributed by atoms with Crippen molar-refractivity contribution >= 4 is 5.91 Å². The minimum absolute atomic E-state index is 0.0131. The molecular weight excluding hydrogens is 306 g/mol. The number of nitrogens with one attached hydrogen (secondary N) is 1. The average molecular weight is 331 g/mol. The zero-order valence-corrected chi connectivity index (χ0v) is 14.3. The number of hydrogen-bond acceptors (Lipinski definition) is 5. The van der Waals surface area contributed by atoms with E-state index >= 15 is 0 Å². The van der Waals surface area contributed by atoms with E-state index in [0.29, 0.717) is 11.6 Å². The largest absolute Gasteiger partial charge is 0.484 e. The van der Waals surface area contributed by atoms with Crippen LogP contribution in [0.25, 0.3) is 11.5 Å². The summed E-state index contributed by atoms with van der Waals surface area (Å²) in [6.07, 6.45) is 7.13. The Morgan fingerprint density at radius 3 is 2.71 bits per heavy atom. The van der Waals surface area contributed by atoms with Crippen LogP contribution in [0.4, 0.5) is 0 Å². The molecule has 1 amide bonds. The van der Waals surface area contributed by atoms with Gasteiger partial charge in [-0.15, -0.1) is 10.2 Å². The molecule has 1 aromatic carbocycles. The fourth-order valence-corrected chi connectivity index (χ4v) is 2.41. The molecule has 1 N–H and O–H groups in total. The summed E-state index contributed by atoms with van der Waals surface area (Å²) >= 11 is 0. The third-order valence-electron chi connectivity index (χ3n) is 3.73. The van der Waals surface area contributed by atoms with Crippen molar-refractivity contribution in [2.75, 3.05) is 6.61 Å². The number of rotatable bonds is 10. The fourth-order valence-electron chi connectivity index (χ4n) is 2.41. The highest BCUT2D eigenvalue weighted by atomic mass is 16.5. The van der Waals surface area contributed by atoms with Crippen LogP contribution in [0.5, 0.6) is 5.75 Å². The first-order valence-corrected chi connectivity index (χ1v) is 8.47. The molecule has 2 aromatic rings. The highest BCUT2D eigenvalue weighted by Crippen LogP contribution is 2.20. The predicted octanol–water partition coefficient (Wildman–Crippen LogP) is 3.59. The third kappa shape index (κ3) is 6.02. The van der Waals surface area contributed by atoms with E-state index in [1.54, 1.807) is 12.1 Å². The van der Waals surface area contributed by atoms with Crippen LogP contribution in [0.1, 0.15) is 46.0 Å². The lowest BCUT2D eigenvalue weighted by Gasteiger charge is -2.14. The zero-order valence-electron chi connectivity index (χ0n) is 14.3. The van der Waals surface area contributed by atoms with Crippen LogP contribution < -0.4 is 10.1 Å². The van der Waals surface area contributed by atoms with Crippen molar-refractivity contribution in [3.05, 3.63) is 30.7 Å². The Balaban J connectivity index is 1.69. The van der Waals surface area contributed by atoms with Crippen LogP contribution in [0.15, 0.2) is 35.1 Å². The highest BCUT2D eigenvalue weighted by Gasteiger charge is 2.08. The summed E-state index contributed by atoms with van der Waals surface area (Å²) in [6, 6.07) is 7.37. The maximum atomic E-state index is 11.9. The lowest BCUT2D eigenvalue weighted by molar-refractivity contribution is -0.123. The molecule has 2 rings (SSSR count). The van der Waals surface area contributed by atoms with Gasteiger partial charge in [-0.3, -0.25) is 4.79 Å². The van der Waals surface area contributed by atoms with Gasteiger partial charge in [0.1, 0.15) is 5.75 Å². The van der Waals surface area contributed by atoms with Crippen molar-refractivity contribution in [2.24, 2.45) is 0 Å². The maximum absolute atomic E-state index is 11.9. The molecular formula is C18H25N3O3. The summed E-state index contributed by atoms with van der Waals surface area (Å²) < 4.78 is 10.6. The van der Waals surface area contributed by atoms with Crippen molar-refractivity contribution in [1.82, 2.24) is 15.5 Å². The molecule has 0 spiro atoms. The number of benzene rings is 1. The maximum Gasteiger partial charge on any atom is 0.258 e. The van der Waals surface area contributed by atoms with Gasteiger partial charge in [0.15, 0.2) is 6.61 Å². The fraction of sp³-hybridized carbons (Fsp3) is 0.500. The van der Waals surface area contributed by atoms with Crippen LogP contribution in [0, 0.1) is 0 Å². The van der Waals surface area contributed by atoms with Gasteiger partial charge in [0.2, 0.25) is 12.3 Å². The molecule has 0 bridgehead atoms. The van der Waals surface area contributed by atoms with Gasteiger partial charge in [-0.1, -0.05) is 32.6 Å². The lowest BCUT2D eigenvalue weighted by Crippen LogP contribution is -2.36. The van der Waals surface area contributed by atoms with Crippen molar-refractivity contribution in [3.8, 4) is 17.2 Å². The SMILES string of the molecule is CCCCCC[C@H](C)NC(=O)COc1ccc(-c2nnco2)cc1. The number of amides is 1. The van der Waals surface area contributed by atoms with Crippen molar-refractivity contribution in [2.45, 2.75) is 52.0 Å². The van der Waals surface area contributed by atoms with Crippen LogP contribution in [-0.4, -0.2) is 28.8 Å². The Labute approximate surface area is 142 Å². The molecule has 0 aliphatic heterocycles. The van der Waals surface area contributed by atoms with Gasteiger partial charge < -0.3 is 14.5 Å². The normalized spacial score (nSPS) is 11.9. The molecule has 0 unspecified atom stereocenters. The van der Waals surface area contributed by atoms with E-state index in [2.05, 4.69) is 22.4 Å². The number of aromatic nitrogens is 2. The van der Waals surface area contributed by atoms with Gasteiger partial charge in [0, 0.05) is 11.6 Å². The second-order valence-electron chi connectivity index (χ2n) is 5.87. The molecule has 0 aliphatic carbocycles. The first-order chi connectivity index (χ1) is 11.7. The van der Waals surface area contributed by atoms with E-state index in [-0.39, 0.29) is 18.6 Å². The van der Waals surface area contributed by atoms with E-state index in [4.69, 9.17) is 9.15 Å². The lowest BCUT2D eigenvalue weighted by atomic mass is 10.1. The monoisotopic (exact) mass is 331 g/mol. The summed E-state index contributed by atoms with van der Waals surface area (Å²) in [5.41, 5.74) is 0.810. The Bertz CT molecular complexity index is 596. The minimum Gasteiger partial charge on any atom is -0.484 e. The average Bonchev–Trinajstić information content (AvgIpc) is 3.12. The van der Waals surface area contributed by atoms with Crippen molar-refractivity contribution in [1.29, 1.82) is 0 Å². The number of unbranched alkanes of at least 4 members (excludes halogenated alkanes) is 3. The van der Waals surface area contributed by atoms with Crippen LogP contribution in [-0.2, 0) is 4.79 Å². The third-order valence-corrected chi connectivity index (χ3v) is 3.73. The Kier molecular flexibility index (Phi) is 7.26. The summed E-state index contributed by atoms with van der Waals surface area (Å²) in [4.78, 5) is 11.9. The number of hydrogen-bond donors (Lipinski definition) is 1. The molecule has 24 heavy (non-hydrogen) atoms. The molecule has 0 saturated carbocycles. The zero-order chi connectivity index (χ0) is 17.2. The second kappa shape index (κ2) is 9.70. The molecule has 1 heterocycles. The van der Waals surface area contributed by atoms with E-state index in [1.807, 2.05) is 19.1 Å². The molecule has 130 valence electrons. The number of carbonyl (C=O) groups is 1. The first kappa shape index (κ1) is 18.0. The minimum atomic E-state index is -0.0982. The summed E-state index contributed by atoms with van der Waals surface area (Å²) in [6.45, 7) is 4.24. The van der Waals surface area contributed by atoms with Gasteiger partial charge >= 0.3 is 0 Å². The quantitative estimate of drug-likeness (QED) is 0.673. The first-order valence-electron chi connectivity index (χ1n) is 8.47. The number of ether oxygens (including phenoxy) is 1. The van der Waals surface area contributed by atoms with E-state index in [1.165, 1.54) is 25.7 Å². The molecule has 1 aromatic heterocycles. The van der Waals surface area contributed by atoms with Crippen molar-refractivity contribution in [3.63, 3.8) is 0 Å². The van der Waals surface area contributed by atoms with Gasteiger partial charge in [-0.2, -0.15) is 0 Å². The summed E-state index contributed by atoms with van der Waals surface area (Å²) in [7, 11) is 0. The number of nitrogens with zero attached hydrogens (tertiary/aromatic N) is 2. The van der Waals surface area contributed by atoms with Gasteiger partial charge in [0.25, 0.3) is 5.91 Å². The smallest absolute Gasteiger partial charge is 0.258 e. The van der Waals surface area contributed by atoms with Crippen LogP contribution in [0.3, 0.4) is 0 Å². The highest BCUT2D eigenvalue weighted by molar-refractivity contribution is 5.77. The van der Waals surface area contributed by atoms with E-state index < -0.39 is 0 Å². The van der Waals surface area contributed by atoms with Crippen LogP contribution >= 0.6 is 0 Å². The predicted molar refractivity (Wildman–Crippen MR) is 91.6 cm³/mol. The molecule has 0 radical (unpaired) electrons. The molecule has 0 aliphatic rings. The van der Waals surface area contributed by atoms with E-state index in [9.17, 15) is 4.79 Å². The number of carbonyl (C=O) groups excluding carboxylic acids is 1. The summed E-state index contributed by atoms with van der Waals surface area (Å²) in [5, 5.41) is 10.4. The van der Waals surface area contributed by atoms with Crippen molar-refractivity contribution < 1.29 is 13.9 Å². The Morgan fingerprint density at radius 1 is 1.25 bits per heavy atom. The Hall–Kier alpha value is -2.37. The molecule has 6 heteroatoms. The topological polar surface area (TPSA) is 77.2 Å². The second-order valence-corrected chi connectivity index (χ2v) is 5.87. The van der Waals surface area contributed by atoms with Gasteiger partial charge in [0.05, 0.1) is 0 Å².